The van der Waals surface area contributed by atoms with Crippen LogP contribution in [-0.2, 0) is 0 Å². The van der Waals surface area contributed by atoms with Gasteiger partial charge in [0.1, 0.15) is 5.60 Å². The fraction of sp³-hybridized carbons (Fsp3) is 0.800. The first-order valence-corrected chi connectivity index (χ1v) is 4.64. The van der Waals surface area contributed by atoms with Gasteiger partial charge < -0.3 is 10.4 Å². The molecule has 2 N–H and O–H groups in total. The van der Waals surface area contributed by atoms with Gasteiger partial charge in [0.05, 0.1) is 0 Å². The number of nitrogens with one attached hydrogen (secondary N) is 1. The van der Waals surface area contributed by atoms with E-state index in [4.69, 9.17) is 0 Å². The van der Waals surface area contributed by atoms with Crippen molar-refractivity contribution in [3.63, 3.8) is 0 Å². The van der Waals surface area contributed by atoms with E-state index in [0.717, 1.165) is 25.9 Å². The van der Waals surface area contributed by atoms with Crippen molar-refractivity contribution in [1.82, 2.24) is 5.32 Å². The molecular formula is C10H19NO. The molecule has 0 aromatic carbocycles. The van der Waals surface area contributed by atoms with Crippen LogP contribution in [0.3, 0.4) is 0 Å². The molecule has 1 aliphatic rings. The third kappa shape index (κ3) is 3.75. The van der Waals surface area contributed by atoms with Crippen LogP contribution in [0.1, 0.15) is 33.6 Å². The second kappa shape index (κ2) is 6.05. The summed E-state index contributed by atoms with van der Waals surface area (Å²) in [7, 11) is 0. The average molecular weight is 169 g/mol. The molecule has 1 fully saturated rings. The predicted molar refractivity (Wildman–Crippen MR) is 51.9 cm³/mol. The van der Waals surface area contributed by atoms with Crippen molar-refractivity contribution in [2.75, 3.05) is 13.1 Å². The summed E-state index contributed by atoms with van der Waals surface area (Å²) < 4.78 is 0. The van der Waals surface area contributed by atoms with E-state index in [1.807, 2.05) is 13.8 Å². The molecule has 0 atom stereocenters. The number of hydrogen-bond acceptors (Lipinski definition) is 2. The fourth-order valence-corrected chi connectivity index (χ4v) is 1.20. The van der Waals surface area contributed by atoms with Gasteiger partial charge in [-0.1, -0.05) is 19.8 Å². The minimum absolute atomic E-state index is 0.694. The van der Waals surface area contributed by atoms with Crippen molar-refractivity contribution < 1.29 is 5.11 Å². The Balaban J connectivity index is 0.000000561. The molecule has 1 aliphatic heterocycles. The van der Waals surface area contributed by atoms with E-state index in [9.17, 15) is 5.11 Å². The van der Waals surface area contributed by atoms with Gasteiger partial charge in [-0.15, -0.1) is 5.92 Å². The van der Waals surface area contributed by atoms with Gasteiger partial charge in [0, 0.05) is 0 Å². The van der Waals surface area contributed by atoms with Gasteiger partial charge in [0.15, 0.2) is 0 Å². The number of piperidine rings is 1. The van der Waals surface area contributed by atoms with Crippen molar-refractivity contribution in [3.8, 4) is 11.8 Å². The maximum absolute atomic E-state index is 9.66. The zero-order valence-electron chi connectivity index (χ0n) is 8.28. The Morgan fingerprint density at radius 1 is 1.25 bits per heavy atom. The van der Waals surface area contributed by atoms with E-state index in [1.54, 1.807) is 6.92 Å². The molecule has 12 heavy (non-hydrogen) atoms. The molecule has 0 saturated carbocycles. The normalized spacial score (nSPS) is 19.7. The lowest BCUT2D eigenvalue weighted by Crippen LogP contribution is -2.40. The number of aliphatic hydroxyl groups is 1. The van der Waals surface area contributed by atoms with Crippen LogP contribution >= 0.6 is 0 Å². The molecule has 0 spiro atoms. The van der Waals surface area contributed by atoms with Gasteiger partial charge in [0.25, 0.3) is 0 Å². The van der Waals surface area contributed by atoms with Crippen LogP contribution in [-0.4, -0.2) is 23.8 Å². The molecule has 0 aliphatic carbocycles. The van der Waals surface area contributed by atoms with Gasteiger partial charge in [-0.25, -0.2) is 0 Å². The highest BCUT2D eigenvalue weighted by Gasteiger charge is 2.25. The summed E-state index contributed by atoms with van der Waals surface area (Å²) in [5, 5.41) is 12.8. The maximum atomic E-state index is 9.66. The molecule has 0 radical (unpaired) electrons. The lowest BCUT2D eigenvalue weighted by molar-refractivity contribution is 0.0679. The first-order chi connectivity index (χ1) is 5.77. The number of hydrogen-bond donors (Lipinski definition) is 2. The molecule has 1 heterocycles. The predicted octanol–water partition coefficient (Wildman–Crippen LogP) is 1.15. The molecule has 0 bridgehead atoms. The van der Waals surface area contributed by atoms with Gasteiger partial charge >= 0.3 is 0 Å². The van der Waals surface area contributed by atoms with Crippen molar-refractivity contribution in [2.24, 2.45) is 0 Å². The van der Waals surface area contributed by atoms with Crippen LogP contribution < -0.4 is 5.32 Å². The lowest BCUT2D eigenvalue weighted by atomic mass is 9.93. The quantitative estimate of drug-likeness (QED) is 0.533. The second-order valence-corrected chi connectivity index (χ2v) is 2.66. The Labute approximate surface area is 75.4 Å². The zero-order chi connectivity index (χ0) is 9.45. The summed E-state index contributed by atoms with van der Waals surface area (Å²) in [5.41, 5.74) is -0.694. The highest BCUT2D eigenvalue weighted by atomic mass is 16.3. The summed E-state index contributed by atoms with van der Waals surface area (Å²) >= 11 is 0. The lowest BCUT2D eigenvalue weighted by Gasteiger charge is -2.27. The molecule has 2 nitrogen and oxygen atoms in total. The third-order valence-electron chi connectivity index (χ3n) is 1.79. The van der Waals surface area contributed by atoms with Crippen molar-refractivity contribution in [2.45, 2.75) is 39.2 Å². The highest BCUT2D eigenvalue weighted by Crippen LogP contribution is 2.15. The Morgan fingerprint density at radius 3 is 2.17 bits per heavy atom. The molecule has 1 saturated heterocycles. The topological polar surface area (TPSA) is 32.3 Å². The molecule has 0 unspecified atom stereocenters. The monoisotopic (exact) mass is 169 g/mol. The smallest absolute Gasteiger partial charge is 0.127 e. The van der Waals surface area contributed by atoms with Gasteiger partial charge in [0.2, 0.25) is 0 Å². The second-order valence-electron chi connectivity index (χ2n) is 2.66. The summed E-state index contributed by atoms with van der Waals surface area (Å²) in [6, 6.07) is 0. The Morgan fingerprint density at radius 2 is 1.75 bits per heavy atom. The van der Waals surface area contributed by atoms with Crippen LogP contribution in [0.15, 0.2) is 0 Å². The van der Waals surface area contributed by atoms with Crippen LogP contribution in [0, 0.1) is 11.8 Å². The maximum Gasteiger partial charge on any atom is 0.127 e. The van der Waals surface area contributed by atoms with E-state index >= 15 is 0 Å². The van der Waals surface area contributed by atoms with E-state index in [1.165, 1.54) is 0 Å². The molecule has 70 valence electrons. The van der Waals surface area contributed by atoms with Gasteiger partial charge in [-0.05, 0) is 32.9 Å². The molecule has 1 rings (SSSR count). The van der Waals surface area contributed by atoms with E-state index in [2.05, 4.69) is 17.2 Å². The summed E-state index contributed by atoms with van der Waals surface area (Å²) in [4.78, 5) is 0. The van der Waals surface area contributed by atoms with Gasteiger partial charge in [-0.3, -0.25) is 0 Å². The molecule has 0 aromatic heterocycles. The van der Waals surface area contributed by atoms with Crippen molar-refractivity contribution in [1.29, 1.82) is 0 Å². The third-order valence-corrected chi connectivity index (χ3v) is 1.79. The molecule has 0 aromatic rings. The average Bonchev–Trinajstić information content (AvgIpc) is 2.09. The summed E-state index contributed by atoms with van der Waals surface area (Å²) in [6.45, 7) is 7.52. The molecule has 2 heteroatoms. The van der Waals surface area contributed by atoms with E-state index < -0.39 is 5.60 Å². The van der Waals surface area contributed by atoms with Crippen LogP contribution in [0.4, 0.5) is 0 Å². The van der Waals surface area contributed by atoms with E-state index in [-0.39, 0.29) is 0 Å². The van der Waals surface area contributed by atoms with Crippen molar-refractivity contribution >= 4 is 0 Å². The van der Waals surface area contributed by atoms with Crippen LogP contribution in [0.2, 0.25) is 0 Å². The highest BCUT2D eigenvalue weighted by molar-refractivity contribution is 5.13. The van der Waals surface area contributed by atoms with E-state index in [0.29, 0.717) is 0 Å². The van der Waals surface area contributed by atoms with Gasteiger partial charge in [-0.2, -0.15) is 0 Å². The summed E-state index contributed by atoms with van der Waals surface area (Å²) in [5.74, 6) is 5.58. The van der Waals surface area contributed by atoms with Crippen molar-refractivity contribution in [3.05, 3.63) is 0 Å². The van der Waals surface area contributed by atoms with Crippen LogP contribution in [0.25, 0.3) is 0 Å². The Bertz CT molecular complexity index is 160. The SMILES string of the molecule is CC.CC#CC1(O)CCNCC1. The summed E-state index contributed by atoms with van der Waals surface area (Å²) in [6.07, 6.45) is 1.52. The largest absolute Gasteiger partial charge is 0.378 e. The molecular weight excluding hydrogens is 150 g/mol. The standard InChI is InChI=1S/C8H13NO.C2H6/c1-2-3-8(10)4-6-9-7-5-8;1-2/h9-10H,4-7H2,1H3;1-2H3. The zero-order valence-corrected chi connectivity index (χ0v) is 8.28. The fourth-order valence-electron chi connectivity index (χ4n) is 1.20. The molecule has 0 amide bonds. The Kier molecular flexibility index (Phi) is 5.79. The minimum Gasteiger partial charge on any atom is -0.378 e. The first-order valence-electron chi connectivity index (χ1n) is 4.64. The Hall–Kier alpha value is -0.520. The first kappa shape index (κ1) is 11.5. The minimum atomic E-state index is -0.694. The van der Waals surface area contributed by atoms with Crippen LogP contribution in [0.5, 0.6) is 0 Å². The number of rotatable bonds is 0.